The lowest BCUT2D eigenvalue weighted by molar-refractivity contribution is 0.629. The summed E-state index contributed by atoms with van der Waals surface area (Å²) in [5.41, 5.74) is 5.54. The Morgan fingerprint density at radius 3 is 1.87 bits per heavy atom. The van der Waals surface area contributed by atoms with Crippen molar-refractivity contribution in [1.82, 2.24) is 19.5 Å². The van der Waals surface area contributed by atoms with Crippen LogP contribution in [0.15, 0.2) is 138 Å². The molecule has 47 heavy (non-hydrogen) atoms. The Morgan fingerprint density at radius 2 is 1.15 bits per heavy atom. The van der Waals surface area contributed by atoms with Crippen molar-refractivity contribution in [3.05, 3.63) is 145 Å². The Bertz CT molecular complexity index is 2670. The molecule has 3 aromatic heterocycles. The Hall–Kier alpha value is -6.65. The van der Waals surface area contributed by atoms with E-state index in [1.54, 1.807) is 0 Å². The van der Waals surface area contributed by atoms with Gasteiger partial charge in [-0.3, -0.25) is 0 Å². The molecule has 6 nitrogen and oxygen atoms in total. The van der Waals surface area contributed by atoms with E-state index in [0.29, 0.717) is 34.0 Å². The van der Waals surface area contributed by atoms with Crippen LogP contribution in [0, 0.1) is 17.1 Å². The summed E-state index contributed by atoms with van der Waals surface area (Å²) in [6, 6.07) is 44.3. The largest absolute Gasteiger partial charge is 0.456 e. The second-order valence-electron chi connectivity index (χ2n) is 11.3. The van der Waals surface area contributed by atoms with E-state index in [9.17, 15) is 5.26 Å². The monoisotopic (exact) mass is 607 g/mol. The smallest absolute Gasteiger partial charge is 0.167 e. The van der Waals surface area contributed by atoms with Gasteiger partial charge in [0.25, 0.3) is 0 Å². The normalized spacial score (nSPS) is 11.5. The SMILES string of the molecule is N#Cc1cc(-c2nc(-c3ccccc3)nc(-c3ccc4c(c3)oc3ccccc34)n2)c(F)cc1-n1c2ccccc2c2ccccc21. The van der Waals surface area contributed by atoms with E-state index in [1.165, 1.54) is 12.1 Å². The number of aromatic nitrogens is 4. The summed E-state index contributed by atoms with van der Waals surface area (Å²) in [7, 11) is 0. The molecule has 0 atom stereocenters. The summed E-state index contributed by atoms with van der Waals surface area (Å²) < 4.78 is 24.5. The first-order valence-corrected chi connectivity index (χ1v) is 15.1. The van der Waals surface area contributed by atoms with Gasteiger partial charge in [0, 0.05) is 32.7 Å². The van der Waals surface area contributed by atoms with Gasteiger partial charge in [0.1, 0.15) is 23.1 Å². The van der Waals surface area contributed by atoms with Crippen LogP contribution >= 0.6 is 0 Å². The highest BCUT2D eigenvalue weighted by Crippen LogP contribution is 2.36. The molecule has 0 aliphatic heterocycles. The highest BCUT2D eigenvalue weighted by molar-refractivity contribution is 6.09. The second-order valence-corrected chi connectivity index (χ2v) is 11.3. The van der Waals surface area contributed by atoms with Crippen molar-refractivity contribution in [3.8, 4) is 45.9 Å². The molecule has 3 heterocycles. The van der Waals surface area contributed by atoms with Crippen molar-refractivity contribution in [2.45, 2.75) is 0 Å². The van der Waals surface area contributed by atoms with Gasteiger partial charge in [-0.1, -0.05) is 91.0 Å². The lowest BCUT2D eigenvalue weighted by Crippen LogP contribution is -2.04. The number of para-hydroxylation sites is 3. The molecule has 9 aromatic rings. The lowest BCUT2D eigenvalue weighted by Gasteiger charge is -2.13. The van der Waals surface area contributed by atoms with Crippen LogP contribution < -0.4 is 0 Å². The van der Waals surface area contributed by atoms with E-state index < -0.39 is 5.82 Å². The van der Waals surface area contributed by atoms with Crippen molar-refractivity contribution in [2.75, 3.05) is 0 Å². The predicted octanol–water partition coefficient (Wildman–Crippen LogP) is 9.88. The Kier molecular flexibility index (Phi) is 5.95. The minimum absolute atomic E-state index is 0.108. The summed E-state index contributed by atoms with van der Waals surface area (Å²) in [4.78, 5) is 14.3. The zero-order chi connectivity index (χ0) is 31.5. The second kappa shape index (κ2) is 10.5. The van der Waals surface area contributed by atoms with Crippen LogP contribution in [0.1, 0.15) is 5.56 Å². The number of fused-ring (bicyclic) bond motifs is 6. The quantitative estimate of drug-likeness (QED) is 0.199. The van der Waals surface area contributed by atoms with Crippen LogP contribution in [-0.4, -0.2) is 19.5 Å². The van der Waals surface area contributed by atoms with Crippen LogP contribution in [-0.2, 0) is 0 Å². The molecular weight excluding hydrogens is 585 g/mol. The number of rotatable bonds is 4. The van der Waals surface area contributed by atoms with Crippen LogP contribution in [0.3, 0.4) is 0 Å². The van der Waals surface area contributed by atoms with Crippen molar-refractivity contribution in [1.29, 1.82) is 5.26 Å². The third-order valence-electron chi connectivity index (χ3n) is 8.57. The van der Waals surface area contributed by atoms with Crippen LogP contribution in [0.4, 0.5) is 4.39 Å². The minimum Gasteiger partial charge on any atom is -0.456 e. The fourth-order valence-corrected chi connectivity index (χ4v) is 6.40. The Morgan fingerprint density at radius 1 is 0.553 bits per heavy atom. The van der Waals surface area contributed by atoms with Gasteiger partial charge >= 0.3 is 0 Å². The molecule has 0 bridgehead atoms. The molecule has 0 unspecified atom stereocenters. The number of hydrogen-bond acceptors (Lipinski definition) is 5. The fourth-order valence-electron chi connectivity index (χ4n) is 6.40. The van der Waals surface area contributed by atoms with Gasteiger partial charge in [0.2, 0.25) is 0 Å². The van der Waals surface area contributed by atoms with Crippen molar-refractivity contribution in [2.24, 2.45) is 0 Å². The summed E-state index contributed by atoms with van der Waals surface area (Å²) in [6.45, 7) is 0. The highest BCUT2D eigenvalue weighted by atomic mass is 19.1. The molecule has 0 spiro atoms. The van der Waals surface area contributed by atoms with Crippen LogP contribution in [0.25, 0.3) is 83.6 Å². The number of halogens is 1. The highest BCUT2D eigenvalue weighted by Gasteiger charge is 2.21. The van der Waals surface area contributed by atoms with Gasteiger partial charge < -0.3 is 8.98 Å². The molecule has 9 rings (SSSR count). The molecular formula is C40H22FN5O. The maximum atomic E-state index is 16.4. The first kappa shape index (κ1) is 26.7. The standard InChI is InChI=1S/C40H22FN5O/c41-32-22-35(46-33-15-7-4-12-27(33)28-13-5-8-16-34(28)46)26(23-42)20-31(32)40-44-38(24-10-2-1-3-11-24)43-39(45-40)25-18-19-30-29-14-6-9-17-36(29)47-37(30)21-25/h1-22H. The van der Waals surface area contributed by atoms with E-state index >= 15 is 4.39 Å². The van der Waals surface area contributed by atoms with Crippen LogP contribution in [0.2, 0.25) is 0 Å². The summed E-state index contributed by atoms with van der Waals surface area (Å²) >= 11 is 0. The van der Waals surface area contributed by atoms with E-state index in [2.05, 4.69) is 6.07 Å². The molecule has 7 heteroatoms. The average Bonchev–Trinajstić information content (AvgIpc) is 3.67. The maximum absolute atomic E-state index is 16.4. The van der Waals surface area contributed by atoms with Gasteiger partial charge in [0.05, 0.1) is 27.8 Å². The Balaban J connectivity index is 1.25. The topological polar surface area (TPSA) is 80.5 Å². The first-order valence-electron chi connectivity index (χ1n) is 15.1. The molecule has 0 radical (unpaired) electrons. The number of nitriles is 1. The minimum atomic E-state index is -0.551. The van der Waals surface area contributed by atoms with Gasteiger partial charge in [-0.25, -0.2) is 19.3 Å². The molecule has 6 aromatic carbocycles. The summed E-state index contributed by atoms with van der Waals surface area (Å²) in [6.07, 6.45) is 0. The van der Waals surface area contributed by atoms with E-state index in [0.717, 1.165) is 43.7 Å². The van der Waals surface area contributed by atoms with Crippen molar-refractivity contribution >= 4 is 43.7 Å². The molecule has 0 saturated heterocycles. The van der Waals surface area contributed by atoms with Crippen molar-refractivity contribution < 1.29 is 8.81 Å². The van der Waals surface area contributed by atoms with Gasteiger partial charge in [-0.2, -0.15) is 5.26 Å². The molecule has 0 aliphatic rings. The molecule has 220 valence electrons. The molecule has 0 N–H and O–H groups in total. The zero-order valence-electron chi connectivity index (χ0n) is 24.7. The average molecular weight is 608 g/mol. The number of hydrogen-bond donors (Lipinski definition) is 0. The molecule has 0 fully saturated rings. The third kappa shape index (κ3) is 4.27. The fraction of sp³-hybridized carbons (Fsp3) is 0. The maximum Gasteiger partial charge on any atom is 0.167 e. The van der Waals surface area contributed by atoms with E-state index in [1.807, 2.05) is 126 Å². The van der Waals surface area contributed by atoms with Crippen LogP contribution in [0.5, 0.6) is 0 Å². The predicted molar refractivity (Wildman–Crippen MR) is 182 cm³/mol. The van der Waals surface area contributed by atoms with E-state index in [-0.39, 0.29) is 11.4 Å². The lowest BCUT2D eigenvalue weighted by atomic mass is 10.1. The van der Waals surface area contributed by atoms with E-state index in [4.69, 9.17) is 19.4 Å². The van der Waals surface area contributed by atoms with Crippen molar-refractivity contribution in [3.63, 3.8) is 0 Å². The zero-order valence-corrected chi connectivity index (χ0v) is 24.7. The molecule has 0 aliphatic carbocycles. The Labute approximate surface area is 267 Å². The first-order chi connectivity index (χ1) is 23.2. The summed E-state index contributed by atoms with van der Waals surface area (Å²) in [5, 5.41) is 14.4. The number of benzene rings is 6. The molecule has 0 saturated carbocycles. The van der Waals surface area contributed by atoms with Gasteiger partial charge in [0.15, 0.2) is 17.5 Å². The number of nitrogens with zero attached hydrogens (tertiary/aromatic N) is 5. The molecule has 0 amide bonds. The van der Waals surface area contributed by atoms with Gasteiger partial charge in [-0.05, 0) is 42.5 Å². The van der Waals surface area contributed by atoms with Gasteiger partial charge in [-0.15, -0.1) is 0 Å². The number of furan rings is 1. The summed E-state index contributed by atoms with van der Waals surface area (Å²) in [5.74, 6) is 0.325. The third-order valence-corrected chi connectivity index (χ3v) is 8.57.